The molecule has 0 unspecified atom stereocenters. The molecule has 0 heteroatoms. The molecule has 0 aliphatic heterocycles. The summed E-state index contributed by atoms with van der Waals surface area (Å²) in [4.78, 5) is 0. The predicted molar refractivity (Wildman–Crippen MR) is 173 cm³/mol. The first-order valence-corrected chi connectivity index (χ1v) is 15.2. The van der Waals surface area contributed by atoms with E-state index in [1.165, 1.54) is 66.8 Å². The van der Waals surface area contributed by atoms with Crippen molar-refractivity contribution < 1.29 is 0 Å². The van der Waals surface area contributed by atoms with Crippen molar-refractivity contribution in [2.45, 2.75) is 36.5 Å². The van der Waals surface area contributed by atoms with Crippen LogP contribution in [-0.2, 0) is 10.8 Å². The first kappa shape index (κ1) is 24.0. The second-order valence-corrected chi connectivity index (χ2v) is 12.7. The minimum atomic E-state index is -0.248. The van der Waals surface area contributed by atoms with Gasteiger partial charge in [-0.3, -0.25) is 0 Å². The van der Waals surface area contributed by atoms with Crippen molar-refractivity contribution >= 4 is 0 Å². The van der Waals surface area contributed by atoms with Crippen molar-refractivity contribution in [2.75, 3.05) is 0 Å². The zero-order valence-electron chi connectivity index (χ0n) is 24.0. The molecule has 42 heavy (non-hydrogen) atoms. The smallest absolute Gasteiger partial charge is 0.0290 e. The summed E-state index contributed by atoms with van der Waals surface area (Å²) in [6.07, 6.45) is 0. The van der Waals surface area contributed by atoms with Crippen LogP contribution in [0.1, 0.15) is 70.2 Å². The van der Waals surface area contributed by atoms with Gasteiger partial charge in [0.25, 0.3) is 0 Å². The van der Waals surface area contributed by atoms with Crippen molar-refractivity contribution in [2.24, 2.45) is 0 Å². The van der Waals surface area contributed by atoms with E-state index in [0.29, 0.717) is 0 Å². The van der Waals surface area contributed by atoms with Gasteiger partial charge >= 0.3 is 0 Å². The molecule has 0 aromatic heterocycles. The Morgan fingerprint density at radius 2 is 0.667 bits per heavy atom. The van der Waals surface area contributed by atoms with Gasteiger partial charge in [-0.25, -0.2) is 0 Å². The molecular weight excluding hydrogens is 504 g/mol. The molecule has 6 aliphatic rings. The number of benzene rings is 6. The Labute approximate surface area is 248 Å². The first-order chi connectivity index (χ1) is 20.6. The highest BCUT2D eigenvalue weighted by atomic mass is 14.6. The summed E-state index contributed by atoms with van der Waals surface area (Å²) in [5.74, 6) is 0.439. The summed E-state index contributed by atoms with van der Waals surface area (Å²) in [5.41, 5.74) is 16.5. The average molecular weight is 537 g/mol. The van der Waals surface area contributed by atoms with Crippen molar-refractivity contribution in [1.29, 1.82) is 0 Å². The fourth-order valence-corrected chi connectivity index (χ4v) is 9.13. The Morgan fingerprint density at radius 1 is 0.357 bits per heavy atom. The van der Waals surface area contributed by atoms with E-state index in [9.17, 15) is 0 Å². The highest BCUT2D eigenvalue weighted by Crippen LogP contribution is 2.68. The summed E-state index contributed by atoms with van der Waals surface area (Å²) < 4.78 is 0. The minimum Gasteiger partial charge on any atom is -0.0622 e. The minimum absolute atomic E-state index is 0.220. The standard InChI is InChI=1S/C42H32/c1-41-35-23-13-14-24-36(35)42(2,40-31-21-11-9-19-29(31)39(41)30-20-10-12-22-32(30)40)38-26-34(28-17-7-4-8-18-28)33(25-37(38)41)27-15-5-3-6-16-27/h3-26,39-40H,1-2H3/t39?,40?,41-,42+. The van der Waals surface area contributed by atoms with Gasteiger partial charge in [0.2, 0.25) is 0 Å². The van der Waals surface area contributed by atoms with Gasteiger partial charge in [0.15, 0.2) is 0 Å². The van der Waals surface area contributed by atoms with Crippen LogP contribution < -0.4 is 0 Å². The van der Waals surface area contributed by atoms with Gasteiger partial charge in [0.1, 0.15) is 0 Å². The molecule has 0 N–H and O–H groups in total. The molecule has 2 atom stereocenters. The van der Waals surface area contributed by atoms with Gasteiger partial charge in [-0.05, 0) is 78.9 Å². The largest absolute Gasteiger partial charge is 0.0622 e. The van der Waals surface area contributed by atoms with Crippen molar-refractivity contribution in [1.82, 2.24) is 0 Å². The van der Waals surface area contributed by atoms with E-state index >= 15 is 0 Å². The van der Waals surface area contributed by atoms with Gasteiger partial charge in [-0.2, -0.15) is 0 Å². The Kier molecular flexibility index (Phi) is 4.81. The third kappa shape index (κ3) is 2.87. The summed E-state index contributed by atoms with van der Waals surface area (Å²) in [5, 5.41) is 0. The Balaban J connectivity index is 1.49. The second kappa shape index (κ2) is 8.43. The molecule has 0 saturated carbocycles. The normalized spacial score (nSPS) is 24.1. The maximum Gasteiger partial charge on any atom is 0.0290 e. The average Bonchev–Trinajstić information content (AvgIpc) is 3.05. The molecule has 4 bridgehead atoms. The molecule has 12 rings (SSSR count). The first-order valence-electron chi connectivity index (χ1n) is 15.2. The lowest BCUT2D eigenvalue weighted by Crippen LogP contribution is -2.51. The van der Waals surface area contributed by atoms with E-state index in [2.05, 4.69) is 159 Å². The van der Waals surface area contributed by atoms with Gasteiger partial charge in [-0.15, -0.1) is 0 Å². The monoisotopic (exact) mass is 536 g/mol. The lowest BCUT2D eigenvalue weighted by molar-refractivity contribution is 0.361. The lowest BCUT2D eigenvalue weighted by Gasteiger charge is -2.59. The van der Waals surface area contributed by atoms with Crippen LogP contribution in [0.4, 0.5) is 0 Å². The number of hydrogen-bond acceptors (Lipinski definition) is 0. The van der Waals surface area contributed by atoms with E-state index in [1.807, 2.05) is 0 Å². The maximum absolute atomic E-state index is 2.58. The summed E-state index contributed by atoms with van der Waals surface area (Å²) in [7, 11) is 0. The van der Waals surface area contributed by atoms with Crippen LogP contribution in [0.3, 0.4) is 0 Å². The molecule has 0 saturated heterocycles. The fraction of sp³-hybridized carbons (Fsp3) is 0.143. The van der Waals surface area contributed by atoms with Crippen LogP contribution in [0.15, 0.2) is 146 Å². The van der Waals surface area contributed by atoms with E-state index in [0.717, 1.165) is 0 Å². The van der Waals surface area contributed by atoms with Gasteiger partial charge in [0.05, 0.1) is 0 Å². The quantitative estimate of drug-likeness (QED) is 0.206. The number of hydrogen-bond donors (Lipinski definition) is 0. The van der Waals surface area contributed by atoms with Crippen LogP contribution >= 0.6 is 0 Å². The van der Waals surface area contributed by atoms with E-state index < -0.39 is 0 Å². The summed E-state index contributed by atoms with van der Waals surface area (Å²) >= 11 is 0. The van der Waals surface area contributed by atoms with E-state index in [-0.39, 0.29) is 22.7 Å². The van der Waals surface area contributed by atoms with Crippen LogP contribution in [0.5, 0.6) is 0 Å². The summed E-state index contributed by atoms with van der Waals surface area (Å²) in [6, 6.07) is 55.1. The molecule has 0 amide bonds. The molecule has 0 nitrogen and oxygen atoms in total. The third-order valence-corrected chi connectivity index (χ3v) is 10.9. The molecule has 0 radical (unpaired) electrons. The van der Waals surface area contributed by atoms with Gasteiger partial charge in [0, 0.05) is 22.7 Å². The lowest BCUT2D eigenvalue weighted by atomic mass is 9.43. The van der Waals surface area contributed by atoms with Crippen molar-refractivity contribution in [3.05, 3.63) is 190 Å². The van der Waals surface area contributed by atoms with Crippen molar-refractivity contribution in [3.63, 3.8) is 0 Å². The molecule has 6 aliphatic carbocycles. The zero-order chi connectivity index (χ0) is 28.1. The molecule has 0 spiro atoms. The van der Waals surface area contributed by atoms with Crippen LogP contribution in [-0.4, -0.2) is 0 Å². The highest BCUT2D eigenvalue weighted by Gasteiger charge is 2.59. The topological polar surface area (TPSA) is 0 Å². The van der Waals surface area contributed by atoms with E-state index in [1.54, 1.807) is 0 Å². The van der Waals surface area contributed by atoms with Crippen molar-refractivity contribution in [3.8, 4) is 22.3 Å². The van der Waals surface area contributed by atoms with Crippen LogP contribution in [0, 0.1) is 0 Å². The molecule has 0 fully saturated rings. The maximum atomic E-state index is 2.58. The van der Waals surface area contributed by atoms with E-state index in [4.69, 9.17) is 0 Å². The Bertz CT molecular complexity index is 1820. The van der Waals surface area contributed by atoms with Gasteiger partial charge < -0.3 is 0 Å². The molecule has 200 valence electrons. The second-order valence-electron chi connectivity index (χ2n) is 12.7. The highest BCUT2D eigenvalue weighted by molar-refractivity contribution is 5.87. The van der Waals surface area contributed by atoms with Crippen LogP contribution in [0.2, 0.25) is 0 Å². The molecule has 6 aromatic rings. The van der Waals surface area contributed by atoms with Crippen LogP contribution in [0.25, 0.3) is 22.3 Å². The Morgan fingerprint density at radius 3 is 1.02 bits per heavy atom. The third-order valence-electron chi connectivity index (χ3n) is 10.9. The van der Waals surface area contributed by atoms with Gasteiger partial charge in [-0.1, -0.05) is 147 Å². The zero-order valence-corrected chi connectivity index (χ0v) is 24.0. The molecular formula is C42H32. The SMILES string of the molecule is C[C@]12c3ccccc3[C@](C)(c3cc(-c4ccccc4)c(-c4ccccc4)cc31)C1c3ccccc3C2c2ccccc21. The summed E-state index contributed by atoms with van der Waals surface area (Å²) in [6.45, 7) is 5.07. The predicted octanol–water partition coefficient (Wildman–Crippen LogP) is 10.2. The fourth-order valence-electron chi connectivity index (χ4n) is 9.13. The Hall–Kier alpha value is -4.68. The molecule has 0 heterocycles. The number of rotatable bonds is 2. The molecule has 6 aromatic carbocycles.